The maximum atomic E-state index is 11.1. The van der Waals surface area contributed by atoms with Crippen LogP contribution in [0.15, 0.2) is 0 Å². The van der Waals surface area contributed by atoms with E-state index in [1.807, 2.05) is 13.8 Å². The fraction of sp³-hybridized carbons (Fsp3) is 0.917. The van der Waals surface area contributed by atoms with Crippen LogP contribution in [0.3, 0.4) is 0 Å². The van der Waals surface area contributed by atoms with E-state index < -0.39 is 21.7 Å². The summed E-state index contributed by atoms with van der Waals surface area (Å²) in [6, 6.07) is 0.0337. The number of ether oxygens (including phenoxy) is 1. The van der Waals surface area contributed by atoms with Crippen molar-refractivity contribution in [3.05, 3.63) is 0 Å². The van der Waals surface area contributed by atoms with E-state index in [0.29, 0.717) is 5.92 Å². The van der Waals surface area contributed by atoms with E-state index in [1.165, 1.54) is 6.26 Å². The number of carbonyl (C=O) groups is 1. The molecule has 3 N–H and O–H groups in total. The quantitative estimate of drug-likeness (QED) is 0.799. The van der Waals surface area contributed by atoms with Crippen LogP contribution in [0.1, 0.15) is 46.0 Å². The molecule has 7 heteroatoms. The van der Waals surface area contributed by atoms with Crippen LogP contribution in [-0.2, 0) is 14.8 Å². The third-order valence-corrected chi connectivity index (χ3v) is 4.15. The zero-order valence-electron chi connectivity index (χ0n) is 11.8. The minimum absolute atomic E-state index is 0.0337. The first kappa shape index (κ1) is 16.2. The van der Waals surface area contributed by atoms with Crippen LogP contribution >= 0.6 is 0 Å². The standard InChI is InChI=1S/C12H24N2O4S/c1-12(2,18-11(13)15)8-9-4-6-10(7-5-9)14-19(3,16)17/h9-10,14H,4-8H2,1-3H3,(H2,13,15). The summed E-state index contributed by atoms with van der Waals surface area (Å²) in [7, 11) is -3.13. The second-order valence-electron chi connectivity index (χ2n) is 5.99. The summed E-state index contributed by atoms with van der Waals surface area (Å²) in [5, 5.41) is 0. The minimum atomic E-state index is -3.13. The monoisotopic (exact) mass is 292 g/mol. The molecule has 0 heterocycles. The van der Waals surface area contributed by atoms with Gasteiger partial charge in [-0.15, -0.1) is 0 Å². The molecule has 6 nitrogen and oxygen atoms in total. The molecule has 0 bridgehead atoms. The van der Waals surface area contributed by atoms with E-state index in [1.54, 1.807) is 0 Å². The average Bonchev–Trinajstić information content (AvgIpc) is 2.16. The van der Waals surface area contributed by atoms with Gasteiger partial charge in [0, 0.05) is 6.04 Å². The van der Waals surface area contributed by atoms with Gasteiger partial charge in [-0.05, 0) is 51.9 Å². The molecule has 1 saturated carbocycles. The highest BCUT2D eigenvalue weighted by Gasteiger charge is 2.30. The van der Waals surface area contributed by atoms with Crippen molar-refractivity contribution in [2.75, 3.05) is 6.26 Å². The molecule has 0 atom stereocenters. The van der Waals surface area contributed by atoms with E-state index in [4.69, 9.17) is 10.5 Å². The van der Waals surface area contributed by atoms with E-state index in [9.17, 15) is 13.2 Å². The molecule has 0 saturated heterocycles. The molecule has 1 aliphatic rings. The topological polar surface area (TPSA) is 98.5 Å². The van der Waals surface area contributed by atoms with Gasteiger partial charge in [0.2, 0.25) is 10.0 Å². The number of amides is 1. The highest BCUT2D eigenvalue weighted by atomic mass is 32.2. The van der Waals surface area contributed by atoms with Gasteiger partial charge in [0.15, 0.2) is 0 Å². The predicted molar refractivity (Wildman–Crippen MR) is 73.1 cm³/mol. The van der Waals surface area contributed by atoms with Crippen LogP contribution in [0.4, 0.5) is 4.79 Å². The first-order chi connectivity index (χ1) is 8.57. The molecule has 0 unspecified atom stereocenters. The summed E-state index contributed by atoms with van der Waals surface area (Å²) in [6.07, 6.45) is 4.69. The average molecular weight is 292 g/mol. The van der Waals surface area contributed by atoms with Gasteiger partial charge in [-0.2, -0.15) is 0 Å². The molecule has 1 fully saturated rings. The fourth-order valence-electron chi connectivity index (χ4n) is 2.80. The molecule has 19 heavy (non-hydrogen) atoms. The largest absolute Gasteiger partial charge is 0.444 e. The maximum absolute atomic E-state index is 11.1. The highest BCUT2D eigenvalue weighted by Crippen LogP contribution is 2.32. The van der Waals surface area contributed by atoms with E-state index in [0.717, 1.165) is 32.1 Å². The summed E-state index contributed by atoms with van der Waals surface area (Å²) in [6.45, 7) is 3.69. The Kier molecular flexibility index (Phi) is 5.20. The molecule has 0 aromatic heterocycles. The van der Waals surface area contributed by atoms with Gasteiger partial charge in [-0.3, -0.25) is 0 Å². The number of sulfonamides is 1. The van der Waals surface area contributed by atoms with Crippen molar-refractivity contribution in [1.29, 1.82) is 0 Å². The molecular formula is C12H24N2O4S. The van der Waals surface area contributed by atoms with Crippen LogP contribution in [0.2, 0.25) is 0 Å². The number of carbonyl (C=O) groups excluding carboxylic acids is 1. The fourth-order valence-corrected chi connectivity index (χ4v) is 3.64. The van der Waals surface area contributed by atoms with E-state index in [2.05, 4.69) is 4.72 Å². The van der Waals surface area contributed by atoms with Crippen molar-refractivity contribution in [3.63, 3.8) is 0 Å². The number of primary amides is 1. The van der Waals surface area contributed by atoms with Crippen molar-refractivity contribution in [2.24, 2.45) is 11.7 Å². The second-order valence-corrected chi connectivity index (χ2v) is 7.77. The van der Waals surface area contributed by atoms with Crippen molar-refractivity contribution in [2.45, 2.75) is 57.6 Å². The Balaban J connectivity index is 2.40. The molecule has 0 aliphatic heterocycles. The lowest BCUT2D eigenvalue weighted by Crippen LogP contribution is -2.39. The summed E-state index contributed by atoms with van der Waals surface area (Å²) in [5.74, 6) is 0.437. The van der Waals surface area contributed by atoms with Crippen molar-refractivity contribution >= 4 is 16.1 Å². The number of hydrogen-bond acceptors (Lipinski definition) is 4. The number of nitrogens with one attached hydrogen (secondary N) is 1. The Hall–Kier alpha value is -0.820. The van der Waals surface area contributed by atoms with Gasteiger partial charge in [0.05, 0.1) is 6.26 Å². The smallest absolute Gasteiger partial charge is 0.405 e. The lowest BCUT2D eigenvalue weighted by atomic mass is 9.80. The zero-order valence-corrected chi connectivity index (χ0v) is 12.6. The normalized spacial score (nSPS) is 25.0. The molecule has 1 aliphatic carbocycles. The van der Waals surface area contributed by atoms with Gasteiger partial charge in [-0.1, -0.05) is 0 Å². The lowest BCUT2D eigenvalue weighted by molar-refractivity contribution is 0.0210. The number of nitrogens with two attached hydrogens (primary N) is 1. The number of hydrogen-bond donors (Lipinski definition) is 2. The number of rotatable bonds is 5. The third kappa shape index (κ3) is 6.77. The van der Waals surface area contributed by atoms with Crippen molar-refractivity contribution < 1.29 is 17.9 Å². The molecular weight excluding hydrogens is 268 g/mol. The van der Waals surface area contributed by atoms with Crippen molar-refractivity contribution in [1.82, 2.24) is 4.72 Å². The molecule has 0 spiro atoms. The lowest BCUT2D eigenvalue weighted by Gasteiger charge is -2.33. The summed E-state index contributed by atoms with van der Waals surface area (Å²) in [5.41, 5.74) is 4.48. The second kappa shape index (κ2) is 6.09. The zero-order chi connectivity index (χ0) is 14.7. The molecule has 1 amide bonds. The van der Waals surface area contributed by atoms with Crippen LogP contribution in [0.25, 0.3) is 0 Å². The minimum Gasteiger partial charge on any atom is -0.444 e. The Morgan fingerprint density at radius 3 is 2.26 bits per heavy atom. The van der Waals surface area contributed by atoms with Gasteiger partial charge in [0.1, 0.15) is 5.60 Å². The Morgan fingerprint density at radius 2 is 1.84 bits per heavy atom. The summed E-state index contributed by atoms with van der Waals surface area (Å²) >= 11 is 0. The Bertz CT molecular complexity index is 411. The molecule has 112 valence electrons. The predicted octanol–water partition coefficient (Wildman–Crippen LogP) is 1.36. The van der Waals surface area contributed by atoms with E-state index in [-0.39, 0.29) is 6.04 Å². The third-order valence-electron chi connectivity index (χ3n) is 3.38. The first-order valence-corrected chi connectivity index (χ1v) is 8.42. The SMILES string of the molecule is CC(C)(CC1CCC(NS(C)(=O)=O)CC1)OC(N)=O. The summed E-state index contributed by atoms with van der Waals surface area (Å²) < 4.78 is 30.0. The first-order valence-electron chi connectivity index (χ1n) is 6.53. The Morgan fingerprint density at radius 1 is 1.32 bits per heavy atom. The van der Waals surface area contributed by atoms with Gasteiger partial charge in [-0.25, -0.2) is 17.9 Å². The van der Waals surface area contributed by atoms with Gasteiger partial charge < -0.3 is 10.5 Å². The highest BCUT2D eigenvalue weighted by molar-refractivity contribution is 7.88. The van der Waals surface area contributed by atoms with Crippen LogP contribution < -0.4 is 10.5 Å². The Labute approximate surface area is 115 Å². The van der Waals surface area contributed by atoms with Crippen LogP contribution in [-0.4, -0.2) is 32.4 Å². The molecule has 0 aromatic rings. The summed E-state index contributed by atoms with van der Waals surface area (Å²) in [4.78, 5) is 10.8. The maximum Gasteiger partial charge on any atom is 0.405 e. The molecule has 0 radical (unpaired) electrons. The van der Waals surface area contributed by atoms with E-state index >= 15 is 0 Å². The van der Waals surface area contributed by atoms with Crippen LogP contribution in [0, 0.1) is 5.92 Å². The van der Waals surface area contributed by atoms with Crippen LogP contribution in [0.5, 0.6) is 0 Å². The van der Waals surface area contributed by atoms with Gasteiger partial charge >= 0.3 is 6.09 Å². The molecule has 0 aromatic carbocycles. The van der Waals surface area contributed by atoms with Crippen molar-refractivity contribution in [3.8, 4) is 0 Å². The molecule has 1 rings (SSSR count). The van der Waals surface area contributed by atoms with Gasteiger partial charge in [0.25, 0.3) is 0 Å².